The van der Waals surface area contributed by atoms with E-state index in [0.29, 0.717) is 18.9 Å². The highest BCUT2D eigenvalue weighted by Crippen LogP contribution is 2.16. The van der Waals surface area contributed by atoms with E-state index in [0.717, 1.165) is 45.5 Å². The van der Waals surface area contributed by atoms with Crippen molar-refractivity contribution in [2.24, 2.45) is 5.92 Å². The number of rotatable bonds is 9. The van der Waals surface area contributed by atoms with Crippen LogP contribution in [0.15, 0.2) is 30.3 Å². The summed E-state index contributed by atoms with van der Waals surface area (Å²) in [5, 5.41) is 3.19. The molecule has 0 spiro atoms. The maximum absolute atomic E-state index is 12.1. The largest absolute Gasteiger partial charge is 0.381 e. The molecule has 1 aliphatic rings. The molecule has 0 bridgehead atoms. The Kier molecular flexibility index (Phi) is 9.92. The Hall–Kier alpha value is -1.10. The molecular weight excluding hydrogens is 312 g/mol. The standard InChI is InChI=1S/C18H28N2O2.ClH/c1-19-14-17-9-11-20(15-17)18(21)8-5-12-22-13-10-16-6-3-2-4-7-16;/h2-4,6-7,17,19H,5,8-15H2,1H3;1H. The van der Waals surface area contributed by atoms with Crippen LogP contribution in [0.2, 0.25) is 0 Å². The molecular formula is C18H29ClN2O2. The summed E-state index contributed by atoms with van der Waals surface area (Å²) in [6.07, 6.45) is 3.49. The highest BCUT2D eigenvalue weighted by molar-refractivity contribution is 5.85. The van der Waals surface area contributed by atoms with Gasteiger partial charge < -0.3 is 15.0 Å². The van der Waals surface area contributed by atoms with Crippen LogP contribution in [0.1, 0.15) is 24.8 Å². The van der Waals surface area contributed by atoms with Gasteiger partial charge in [-0.3, -0.25) is 4.79 Å². The normalized spacial score (nSPS) is 17.1. The van der Waals surface area contributed by atoms with Crippen LogP contribution < -0.4 is 5.32 Å². The van der Waals surface area contributed by atoms with Crippen molar-refractivity contribution < 1.29 is 9.53 Å². The van der Waals surface area contributed by atoms with Gasteiger partial charge in [0.1, 0.15) is 0 Å². The monoisotopic (exact) mass is 340 g/mol. The fourth-order valence-corrected chi connectivity index (χ4v) is 2.93. The van der Waals surface area contributed by atoms with Gasteiger partial charge in [-0.2, -0.15) is 0 Å². The smallest absolute Gasteiger partial charge is 0.222 e. The Morgan fingerprint density at radius 2 is 2.09 bits per heavy atom. The summed E-state index contributed by atoms with van der Waals surface area (Å²) in [6.45, 7) is 4.24. The second-order valence-electron chi connectivity index (χ2n) is 6.00. The van der Waals surface area contributed by atoms with Crippen molar-refractivity contribution in [2.45, 2.75) is 25.7 Å². The van der Waals surface area contributed by atoms with E-state index in [9.17, 15) is 4.79 Å². The quantitative estimate of drug-likeness (QED) is 0.702. The molecule has 1 fully saturated rings. The average Bonchev–Trinajstić information content (AvgIpc) is 3.01. The Morgan fingerprint density at radius 1 is 1.30 bits per heavy atom. The molecule has 2 rings (SSSR count). The number of halogens is 1. The number of hydrogen-bond donors (Lipinski definition) is 1. The Labute approximate surface area is 146 Å². The number of amides is 1. The van der Waals surface area contributed by atoms with Gasteiger partial charge in [0.05, 0.1) is 6.61 Å². The minimum Gasteiger partial charge on any atom is -0.381 e. The predicted molar refractivity (Wildman–Crippen MR) is 96.1 cm³/mol. The van der Waals surface area contributed by atoms with E-state index in [-0.39, 0.29) is 18.3 Å². The third-order valence-electron chi connectivity index (χ3n) is 4.19. The number of benzene rings is 1. The minimum absolute atomic E-state index is 0. The summed E-state index contributed by atoms with van der Waals surface area (Å²) in [6, 6.07) is 10.3. The molecule has 130 valence electrons. The first-order valence-corrected chi connectivity index (χ1v) is 8.33. The summed E-state index contributed by atoms with van der Waals surface area (Å²) < 4.78 is 5.63. The van der Waals surface area contributed by atoms with Crippen molar-refractivity contribution in [3.05, 3.63) is 35.9 Å². The molecule has 1 amide bonds. The SMILES string of the molecule is CNCC1CCN(C(=O)CCCOCCc2ccccc2)C1.Cl. The first-order chi connectivity index (χ1) is 10.8. The number of ether oxygens (including phenoxy) is 1. The zero-order chi connectivity index (χ0) is 15.6. The first-order valence-electron chi connectivity index (χ1n) is 8.33. The molecule has 23 heavy (non-hydrogen) atoms. The zero-order valence-corrected chi connectivity index (χ0v) is 14.8. The van der Waals surface area contributed by atoms with E-state index in [4.69, 9.17) is 4.74 Å². The van der Waals surface area contributed by atoms with Gasteiger partial charge in [0.2, 0.25) is 5.91 Å². The van der Waals surface area contributed by atoms with E-state index >= 15 is 0 Å². The van der Waals surface area contributed by atoms with E-state index in [1.165, 1.54) is 5.56 Å². The van der Waals surface area contributed by atoms with Crippen molar-refractivity contribution in [1.82, 2.24) is 10.2 Å². The Balaban J connectivity index is 0.00000264. The van der Waals surface area contributed by atoms with E-state index in [1.807, 2.05) is 30.1 Å². The Bertz CT molecular complexity index is 442. The number of likely N-dealkylation sites (tertiary alicyclic amines) is 1. The molecule has 1 saturated heterocycles. The molecule has 1 atom stereocenters. The zero-order valence-electron chi connectivity index (χ0n) is 14.0. The fourth-order valence-electron chi connectivity index (χ4n) is 2.93. The Morgan fingerprint density at radius 3 is 2.83 bits per heavy atom. The van der Waals surface area contributed by atoms with Gasteiger partial charge in [-0.05, 0) is 44.3 Å². The van der Waals surface area contributed by atoms with Gasteiger partial charge in [-0.25, -0.2) is 0 Å². The summed E-state index contributed by atoms with van der Waals surface area (Å²) in [4.78, 5) is 14.1. The average molecular weight is 341 g/mol. The van der Waals surface area contributed by atoms with Crippen molar-refractivity contribution in [2.75, 3.05) is 39.9 Å². The molecule has 5 heteroatoms. The second-order valence-corrected chi connectivity index (χ2v) is 6.00. The molecule has 1 N–H and O–H groups in total. The summed E-state index contributed by atoms with van der Waals surface area (Å²) >= 11 is 0. The first kappa shape index (κ1) is 19.9. The number of nitrogens with zero attached hydrogens (tertiary/aromatic N) is 1. The van der Waals surface area contributed by atoms with Gasteiger partial charge in [-0.15, -0.1) is 12.4 Å². The van der Waals surface area contributed by atoms with Crippen LogP contribution >= 0.6 is 12.4 Å². The third kappa shape index (κ3) is 7.34. The second kappa shape index (κ2) is 11.4. The van der Waals surface area contributed by atoms with Gasteiger partial charge in [0.25, 0.3) is 0 Å². The van der Waals surface area contributed by atoms with Crippen molar-refractivity contribution in [3.8, 4) is 0 Å². The minimum atomic E-state index is 0. The van der Waals surface area contributed by atoms with Crippen LogP contribution in [-0.2, 0) is 16.0 Å². The number of hydrogen-bond acceptors (Lipinski definition) is 3. The lowest BCUT2D eigenvalue weighted by Gasteiger charge is -2.16. The maximum atomic E-state index is 12.1. The van der Waals surface area contributed by atoms with Crippen molar-refractivity contribution in [3.63, 3.8) is 0 Å². The fraction of sp³-hybridized carbons (Fsp3) is 0.611. The predicted octanol–water partition coefficient (Wildman–Crippen LogP) is 2.52. The molecule has 1 aliphatic heterocycles. The maximum Gasteiger partial charge on any atom is 0.222 e. The third-order valence-corrected chi connectivity index (χ3v) is 4.19. The molecule has 4 nitrogen and oxygen atoms in total. The number of nitrogens with one attached hydrogen (secondary N) is 1. The van der Waals surface area contributed by atoms with Gasteiger partial charge >= 0.3 is 0 Å². The van der Waals surface area contributed by atoms with E-state index < -0.39 is 0 Å². The molecule has 1 unspecified atom stereocenters. The summed E-state index contributed by atoms with van der Waals surface area (Å²) in [5.74, 6) is 0.904. The highest BCUT2D eigenvalue weighted by atomic mass is 35.5. The van der Waals surface area contributed by atoms with E-state index in [1.54, 1.807) is 0 Å². The topological polar surface area (TPSA) is 41.6 Å². The lowest BCUT2D eigenvalue weighted by atomic mass is 10.1. The lowest BCUT2D eigenvalue weighted by molar-refractivity contribution is -0.130. The molecule has 0 aromatic heterocycles. The summed E-state index contributed by atoms with van der Waals surface area (Å²) in [7, 11) is 1.97. The lowest BCUT2D eigenvalue weighted by Crippen LogP contribution is -2.30. The van der Waals surface area contributed by atoms with Crippen LogP contribution in [-0.4, -0.2) is 50.7 Å². The van der Waals surface area contributed by atoms with Gasteiger partial charge in [0, 0.05) is 26.1 Å². The van der Waals surface area contributed by atoms with Crippen LogP contribution in [0.5, 0.6) is 0 Å². The molecule has 1 heterocycles. The molecule has 1 aromatic rings. The molecule has 0 aliphatic carbocycles. The molecule has 1 aromatic carbocycles. The van der Waals surface area contributed by atoms with Crippen LogP contribution in [0.3, 0.4) is 0 Å². The molecule has 0 saturated carbocycles. The van der Waals surface area contributed by atoms with Crippen molar-refractivity contribution >= 4 is 18.3 Å². The van der Waals surface area contributed by atoms with Crippen molar-refractivity contribution in [1.29, 1.82) is 0 Å². The van der Waals surface area contributed by atoms with Crippen LogP contribution in [0.4, 0.5) is 0 Å². The van der Waals surface area contributed by atoms with Gasteiger partial charge in [-0.1, -0.05) is 30.3 Å². The number of carbonyl (C=O) groups excluding carboxylic acids is 1. The van der Waals surface area contributed by atoms with Crippen LogP contribution in [0.25, 0.3) is 0 Å². The highest BCUT2D eigenvalue weighted by Gasteiger charge is 2.24. The summed E-state index contributed by atoms with van der Waals surface area (Å²) in [5.41, 5.74) is 1.30. The van der Waals surface area contributed by atoms with Gasteiger partial charge in [0.15, 0.2) is 0 Å². The van der Waals surface area contributed by atoms with Crippen LogP contribution in [0, 0.1) is 5.92 Å². The number of carbonyl (C=O) groups is 1. The molecule has 0 radical (unpaired) electrons. The van der Waals surface area contributed by atoms with E-state index in [2.05, 4.69) is 17.4 Å².